The van der Waals surface area contributed by atoms with Crippen LogP contribution in [0.5, 0.6) is 0 Å². The highest BCUT2D eigenvalue weighted by Crippen LogP contribution is 2.20. The Hall–Kier alpha value is -0.790. The molecule has 0 bridgehead atoms. The maximum absolute atomic E-state index is 11.1. The molecule has 0 amide bonds. The maximum atomic E-state index is 11.1. The first-order valence-electron chi connectivity index (χ1n) is 4.26. The molecule has 12 heavy (non-hydrogen) atoms. The molecule has 0 aliphatic carbocycles. The van der Waals surface area contributed by atoms with E-state index in [1.165, 1.54) is 6.08 Å². The van der Waals surface area contributed by atoms with Gasteiger partial charge in [-0.15, -0.1) is 0 Å². The normalized spacial score (nSPS) is 12.5. The lowest BCUT2D eigenvalue weighted by molar-refractivity contribution is -0.154. The molecule has 0 spiro atoms. The molecule has 0 aromatic heterocycles. The van der Waals surface area contributed by atoms with Crippen LogP contribution in [0.1, 0.15) is 34.6 Å². The molecule has 0 N–H and O–H groups in total. The second kappa shape index (κ2) is 4.29. The molecule has 2 heteroatoms. The standard InChI is InChI=1S/C10H18O2/c1-6-7-9(11)12-10(4,5)8(2)3/h6-8H,1-5H3/b7-6+. The van der Waals surface area contributed by atoms with E-state index in [1.54, 1.807) is 13.0 Å². The monoisotopic (exact) mass is 170 g/mol. The molecule has 0 radical (unpaired) electrons. The summed E-state index contributed by atoms with van der Waals surface area (Å²) in [4.78, 5) is 11.1. The summed E-state index contributed by atoms with van der Waals surface area (Å²) in [5, 5.41) is 0. The van der Waals surface area contributed by atoms with E-state index in [1.807, 2.05) is 27.7 Å². The predicted octanol–water partition coefficient (Wildman–Crippen LogP) is 2.54. The second-order valence-electron chi connectivity index (χ2n) is 3.68. The lowest BCUT2D eigenvalue weighted by atomic mass is 9.95. The molecule has 0 saturated heterocycles. The molecular formula is C10H18O2. The number of esters is 1. The van der Waals surface area contributed by atoms with Gasteiger partial charge in [0.05, 0.1) is 0 Å². The zero-order valence-corrected chi connectivity index (χ0v) is 8.55. The number of ether oxygens (including phenoxy) is 1. The van der Waals surface area contributed by atoms with E-state index in [0.717, 1.165) is 0 Å². The van der Waals surface area contributed by atoms with Gasteiger partial charge in [0.15, 0.2) is 0 Å². The summed E-state index contributed by atoms with van der Waals surface area (Å²) in [5.41, 5.74) is -0.378. The van der Waals surface area contributed by atoms with Gasteiger partial charge < -0.3 is 4.74 Å². The van der Waals surface area contributed by atoms with Crippen LogP contribution in [0, 0.1) is 5.92 Å². The van der Waals surface area contributed by atoms with Gasteiger partial charge in [0.1, 0.15) is 5.60 Å². The van der Waals surface area contributed by atoms with E-state index in [0.29, 0.717) is 5.92 Å². The number of carbonyl (C=O) groups excluding carboxylic acids is 1. The topological polar surface area (TPSA) is 26.3 Å². The van der Waals surface area contributed by atoms with Crippen molar-refractivity contribution in [2.45, 2.75) is 40.2 Å². The summed E-state index contributed by atoms with van der Waals surface area (Å²) >= 11 is 0. The van der Waals surface area contributed by atoms with Crippen molar-refractivity contribution in [1.82, 2.24) is 0 Å². The van der Waals surface area contributed by atoms with Gasteiger partial charge in [0.2, 0.25) is 0 Å². The molecule has 0 aliphatic heterocycles. The highest BCUT2D eigenvalue weighted by molar-refractivity contribution is 5.82. The van der Waals surface area contributed by atoms with Crippen LogP contribution in [0.2, 0.25) is 0 Å². The van der Waals surface area contributed by atoms with Crippen molar-refractivity contribution in [2.75, 3.05) is 0 Å². The van der Waals surface area contributed by atoms with Crippen molar-refractivity contribution in [2.24, 2.45) is 5.92 Å². The number of carbonyl (C=O) groups is 1. The number of allylic oxidation sites excluding steroid dienone is 1. The molecule has 0 aromatic rings. The summed E-state index contributed by atoms with van der Waals surface area (Å²) in [6.07, 6.45) is 3.11. The molecule has 0 fully saturated rings. The Kier molecular flexibility index (Phi) is 4.01. The Labute approximate surface area is 74.6 Å². The van der Waals surface area contributed by atoms with E-state index in [9.17, 15) is 4.79 Å². The summed E-state index contributed by atoms with van der Waals surface area (Å²) < 4.78 is 5.21. The zero-order chi connectivity index (χ0) is 9.78. The van der Waals surface area contributed by atoms with Crippen LogP contribution in [0.4, 0.5) is 0 Å². The van der Waals surface area contributed by atoms with Crippen LogP contribution < -0.4 is 0 Å². The third-order valence-corrected chi connectivity index (χ3v) is 2.06. The molecule has 0 atom stereocenters. The second-order valence-corrected chi connectivity index (χ2v) is 3.68. The molecule has 0 aliphatic rings. The fraction of sp³-hybridized carbons (Fsp3) is 0.700. The number of rotatable bonds is 3. The summed E-state index contributed by atoms with van der Waals surface area (Å²) in [6, 6.07) is 0. The predicted molar refractivity (Wildman–Crippen MR) is 49.8 cm³/mol. The Morgan fingerprint density at radius 3 is 2.25 bits per heavy atom. The smallest absolute Gasteiger partial charge is 0.330 e. The fourth-order valence-corrected chi connectivity index (χ4v) is 0.547. The molecule has 0 aromatic carbocycles. The maximum Gasteiger partial charge on any atom is 0.330 e. The average molecular weight is 170 g/mol. The highest BCUT2D eigenvalue weighted by atomic mass is 16.6. The van der Waals surface area contributed by atoms with E-state index >= 15 is 0 Å². The van der Waals surface area contributed by atoms with Gasteiger partial charge in [-0.2, -0.15) is 0 Å². The molecule has 0 saturated carbocycles. The van der Waals surface area contributed by atoms with Gasteiger partial charge in [0, 0.05) is 6.08 Å². The lowest BCUT2D eigenvalue weighted by Gasteiger charge is -2.28. The van der Waals surface area contributed by atoms with Crippen LogP contribution in [0.15, 0.2) is 12.2 Å². The largest absolute Gasteiger partial charge is 0.456 e. The third kappa shape index (κ3) is 3.56. The van der Waals surface area contributed by atoms with E-state index < -0.39 is 0 Å². The minimum atomic E-state index is -0.378. The van der Waals surface area contributed by atoms with Crippen LogP contribution in [-0.2, 0) is 9.53 Å². The number of hydrogen-bond donors (Lipinski definition) is 0. The first-order chi connectivity index (χ1) is 5.40. The average Bonchev–Trinajstić information content (AvgIpc) is 1.85. The van der Waals surface area contributed by atoms with Crippen molar-refractivity contribution < 1.29 is 9.53 Å². The van der Waals surface area contributed by atoms with Crippen molar-refractivity contribution >= 4 is 5.97 Å². The van der Waals surface area contributed by atoms with Gasteiger partial charge in [-0.25, -0.2) is 4.79 Å². The molecule has 70 valence electrons. The van der Waals surface area contributed by atoms with Gasteiger partial charge in [-0.1, -0.05) is 19.9 Å². The molecule has 2 nitrogen and oxygen atoms in total. The zero-order valence-electron chi connectivity index (χ0n) is 8.55. The first kappa shape index (κ1) is 11.2. The fourth-order valence-electron chi connectivity index (χ4n) is 0.547. The van der Waals surface area contributed by atoms with Gasteiger partial charge in [0.25, 0.3) is 0 Å². The summed E-state index contributed by atoms with van der Waals surface area (Å²) in [5.74, 6) is 0.0582. The van der Waals surface area contributed by atoms with Crippen molar-refractivity contribution in [3.8, 4) is 0 Å². The molecule has 0 heterocycles. The van der Waals surface area contributed by atoms with Crippen LogP contribution in [0.25, 0.3) is 0 Å². The van der Waals surface area contributed by atoms with Crippen molar-refractivity contribution in [3.05, 3.63) is 12.2 Å². The van der Waals surface area contributed by atoms with Crippen molar-refractivity contribution in [1.29, 1.82) is 0 Å². The Bertz CT molecular complexity index is 178. The summed E-state index contributed by atoms with van der Waals surface area (Å²) in [7, 11) is 0. The number of hydrogen-bond acceptors (Lipinski definition) is 2. The van der Waals surface area contributed by atoms with Crippen molar-refractivity contribution in [3.63, 3.8) is 0 Å². The van der Waals surface area contributed by atoms with Crippen LogP contribution in [0.3, 0.4) is 0 Å². The summed E-state index contributed by atoms with van der Waals surface area (Å²) in [6.45, 7) is 9.69. The van der Waals surface area contributed by atoms with Gasteiger partial charge in [-0.3, -0.25) is 0 Å². The first-order valence-corrected chi connectivity index (χ1v) is 4.26. The minimum absolute atomic E-state index is 0.267. The Balaban J connectivity index is 4.15. The minimum Gasteiger partial charge on any atom is -0.456 e. The molecule has 0 unspecified atom stereocenters. The van der Waals surface area contributed by atoms with E-state index in [4.69, 9.17) is 4.74 Å². The van der Waals surface area contributed by atoms with E-state index in [-0.39, 0.29) is 11.6 Å². The SMILES string of the molecule is C/C=C/C(=O)OC(C)(C)C(C)C. The van der Waals surface area contributed by atoms with Crippen LogP contribution in [-0.4, -0.2) is 11.6 Å². The highest BCUT2D eigenvalue weighted by Gasteiger charge is 2.25. The Morgan fingerprint density at radius 1 is 1.42 bits per heavy atom. The Morgan fingerprint density at radius 2 is 1.92 bits per heavy atom. The molecule has 0 rings (SSSR count). The van der Waals surface area contributed by atoms with Gasteiger partial charge >= 0.3 is 5.97 Å². The lowest BCUT2D eigenvalue weighted by Crippen LogP contribution is -2.33. The molecular weight excluding hydrogens is 152 g/mol. The quantitative estimate of drug-likeness (QED) is 0.480. The van der Waals surface area contributed by atoms with Gasteiger partial charge in [-0.05, 0) is 26.7 Å². The third-order valence-electron chi connectivity index (χ3n) is 2.06. The van der Waals surface area contributed by atoms with Crippen LogP contribution >= 0.6 is 0 Å². The van der Waals surface area contributed by atoms with E-state index in [2.05, 4.69) is 0 Å².